The lowest BCUT2D eigenvalue weighted by Crippen LogP contribution is -2.59. The highest BCUT2D eigenvalue weighted by molar-refractivity contribution is 5.89. The average molecular weight is 581 g/mol. The van der Waals surface area contributed by atoms with Crippen LogP contribution in [0.3, 0.4) is 0 Å². The number of alkyl halides is 2. The molecule has 2 amide bonds. The molecule has 2 aromatic rings. The van der Waals surface area contributed by atoms with E-state index in [0.29, 0.717) is 25.8 Å². The molecular weight excluding hydrogens is 538 g/mol. The predicted molar refractivity (Wildman–Crippen MR) is 155 cm³/mol. The van der Waals surface area contributed by atoms with Crippen LogP contribution in [0, 0.1) is 5.92 Å². The summed E-state index contributed by atoms with van der Waals surface area (Å²) in [5.41, 5.74) is 1.29. The minimum atomic E-state index is -2.66. The molecule has 2 N–H and O–H groups in total. The molecule has 3 heterocycles. The summed E-state index contributed by atoms with van der Waals surface area (Å²) in [6.07, 6.45) is 3.05. The zero-order valence-corrected chi connectivity index (χ0v) is 24.3. The van der Waals surface area contributed by atoms with E-state index in [4.69, 9.17) is 0 Å². The van der Waals surface area contributed by atoms with Crippen molar-refractivity contribution in [1.29, 1.82) is 0 Å². The molecule has 7 nitrogen and oxygen atoms in total. The molecule has 3 unspecified atom stereocenters. The smallest absolute Gasteiger partial charge is 0.248 e. The van der Waals surface area contributed by atoms with E-state index in [0.717, 1.165) is 30.5 Å². The highest BCUT2D eigenvalue weighted by Crippen LogP contribution is 2.48. The summed E-state index contributed by atoms with van der Waals surface area (Å²) < 4.78 is 27.4. The number of amides is 2. The van der Waals surface area contributed by atoms with Gasteiger partial charge in [0.05, 0.1) is 6.04 Å². The van der Waals surface area contributed by atoms with E-state index in [-0.39, 0.29) is 61.5 Å². The van der Waals surface area contributed by atoms with Gasteiger partial charge in [0, 0.05) is 43.9 Å². The van der Waals surface area contributed by atoms with Crippen LogP contribution < -0.4 is 5.32 Å². The van der Waals surface area contributed by atoms with Crippen LogP contribution in [0.25, 0.3) is 0 Å². The maximum atomic E-state index is 13.9. The monoisotopic (exact) mass is 580 g/mol. The number of carbonyl (C=O) groups excluding carboxylic acids is 2. The second-order valence-electron chi connectivity index (χ2n) is 12.8. The summed E-state index contributed by atoms with van der Waals surface area (Å²) in [7, 11) is 1.87. The van der Waals surface area contributed by atoms with Gasteiger partial charge in [-0.2, -0.15) is 0 Å². The molecule has 2 aromatic carbocycles. The van der Waals surface area contributed by atoms with Crippen LogP contribution in [0.1, 0.15) is 75.0 Å². The van der Waals surface area contributed by atoms with Crippen LogP contribution in [0.2, 0.25) is 0 Å². The van der Waals surface area contributed by atoms with Gasteiger partial charge in [0.1, 0.15) is 5.54 Å². The van der Waals surface area contributed by atoms with Crippen LogP contribution in [0.5, 0.6) is 0 Å². The summed E-state index contributed by atoms with van der Waals surface area (Å²) in [6.45, 7) is 1.14. The molecule has 4 atom stereocenters. The zero-order chi connectivity index (χ0) is 29.5. The molecule has 3 aliphatic heterocycles. The van der Waals surface area contributed by atoms with Gasteiger partial charge >= 0.3 is 0 Å². The number of hydrogen-bond acceptors (Lipinski definition) is 5. The standard InChI is InChI=1S/C33H42F2N4O3/c1-37-31(42)39(22-23-8-4-2-5-9-23)30(41)32(37)20-26-12-13-27(21-32)38(26)19-16-28(24-10-6-3-7-11-24)36-29(40)25-14-17-33(34,35)18-15-25/h2-11,25-28,31,42H,12-22H2,1H3,(H,36,40)/t26?,27?,28-,31?,32?/m0/s1. The maximum Gasteiger partial charge on any atom is 0.248 e. The third-order valence-corrected chi connectivity index (χ3v) is 10.4. The van der Waals surface area contributed by atoms with Gasteiger partial charge in [0.25, 0.3) is 0 Å². The molecule has 3 saturated heterocycles. The Kier molecular flexibility index (Phi) is 8.11. The Morgan fingerprint density at radius 2 is 1.57 bits per heavy atom. The van der Waals surface area contributed by atoms with Crippen molar-refractivity contribution in [3.63, 3.8) is 0 Å². The van der Waals surface area contributed by atoms with Gasteiger partial charge in [-0.15, -0.1) is 0 Å². The van der Waals surface area contributed by atoms with Crippen molar-refractivity contribution in [2.45, 2.75) is 100 Å². The van der Waals surface area contributed by atoms with Gasteiger partial charge in [-0.05, 0) is 63.1 Å². The minimum Gasteiger partial charge on any atom is -0.361 e. The number of carbonyl (C=O) groups is 2. The first-order chi connectivity index (χ1) is 20.2. The Morgan fingerprint density at radius 3 is 2.19 bits per heavy atom. The fourth-order valence-corrected chi connectivity index (χ4v) is 7.91. The van der Waals surface area contributed by atoms with Crippen LogP contribution in [0.4, 0.5) is 8.78 Å². The largest absolute Gasteiger partial charge is 0.361 e. The lowest BCUT2D eigenvalue weighted by molar-refractivity contribution is -0.139. The van der Waals surface area contributed by atoms with Crippen LogP contribution in [-0.4, -0.2) is 75.1 Å². The van der Waals surface area contributed by atoms with Crippen molar-refractivity contribution in [1.82, 2.24) is 20.0 Å². The van der Waals surface area contributed by atoms with Gasteiger partial charge in [-0.1, -0.05) is 60.7 Å². The van der Waals surface area contributed by atoms with E-state index in [1.165, 1.54) is 0 Å². The first kappa shape index (κ1) is 29.2. The van der Waals surface area contributed by atoms with Crippen LogP contribution >= 0.6 is 0 Å². The summed E-state index contributed by atoms with van der Waals surface area (Å²) in [6, 6.07) is 19.9. The van der Waals surface area contributed by atoms with E-state index in [2.05, 4.69) is 10.2 Å². The highest BCUT2D eigenvalue weighted by atomic mass is 19.3. The Hall–Kier alpha value is -2.88. The summed E-state index contributed by atoms with van der Waals surface area (Å²) >= 11 is 0. The quantitative estimate of drug-likeness (QED) is 0.475. The normalized spacial score (nSPS) is 30.6. The molecule has 6 rings (SSSR count). The predicted octanol–water partition coefficient (Wildman–Crippen LogP) is 4.68. The lowest BCUT2D eigenvalue weighted by Gasteiger charge is -2.46. The number of hydrogen-bond donors (Lipinski definition) is 2. The van der Waals surface area contributed by atoms with Crippen LogP contribution in [0.15, 0.2) is 60.7 Å². The number of likely N-dealkylation sites (N-methyl/N-ethyl adjacent to an activating group) is 1. The number of fused-ring (bicyclic) bond motifs is 2. The Bertz CT molecular complexity index is 1240. The van der Waals surface area contributed by atoms with Gasteiger partial charge in [0.15, 0.2) is 6.35 Å². The average Bonchev–Trinajstić information content (AvgIpc) is 3.32. The van der Waals surface area contributed by atoms with Crippen LogP contribution in [-0.2, 0) is 16.1 Å². The second kappa shape index (κ2) is 11.7. The Morgan fingerprint density at radius 1 is 0.976 bits per heavy atom. The van der Waals surface area contributed by atoms with Crippen molar-refractivity contribution >= 4 is 11.8 Å². The van der Waals surface area contributed by atoms with Gasteiger partial charge in [-0.25, -0.2) is 13.7 Å². The summed E-state index contributed by atoms with van der Waals surface area (Å²) in [5, 5.41) is 14.3. The Balaban J connectivity index is 1.12. The second-order valence-corrected chi connectivity index (χ2v) is 12.8. The molecule has 1 saturated carbocycles. The third-order valence-electron chi connectivity index (χ3n) is 10.4. The minimum absolute atomic E-state index is 0.00499. The lowest BCUT2D eigenvalue weighted by atomic mass is 9.81. The fourth-order valence-electron chi connectivity index (χ4n) is 7.91. The van der Waals surface area contributed by atoms with Gasteiger partial charge in [-0.3, -0.25) is 19.4 Å². The number of aliphatic hydroxyl groups excluding tert-OH is 1. The number of halogens is 2. The number of nitrogens with zero attached hydrogens (tertiary/aromatic N) is 3. The molecular formula is C33H42F2N4O3. The molecule has 4 fully saturated rings. The van der Waals surface area contributed by atoms with Gasteiger partial charge in [0.2, 0.25) is 17.7 Å². The van der Waals surface area contributed by atoms with Crippen molar-refractivity contribution in [2.24, 2.45) is 5.92 Å². The van der Waals surface area contributed by atoms with Gasteiger partial charge < -0.3 is 10.4 Å². The molecule has 2 bridgehead atoms. The number of rotatable bonds is 8. The van der Waals surface area contributed by atoms with Crippen molar-refractivity contribution < 1.29 is 23.5 Å². The fraction of sp³-hybridized carbons (Fsp3) is 0.576. The number of aliphatic hydroxyl groups is 1. The molecule has 1 aliphatic carbocycles. The number of benzene rings is 2. The third kappa shape index (κ3) is 5.58. The topological polar surface area (TPSA) is 76.1 Å². The van der Waals surface area contributed by atoms with Crippen molar-refractivity contribution in [3.8, 4) is 0 Å². The first-order valence-corrected chi connectivity index (χ1v) is 15.4. The Labute approximate surface area is 246 Å². The molecule has 226 valence electrons. The molecule has 0 radical (unpaired) electrons. The van der Waals surface area contributed by atoms with Crippen molar-refractivity contribution in [3.05, 3.63) is 71.8 Å². The number of piperidine rings is 1. The SMILES string of the molecule is CN1C(O)N(Cc2ccccc2)C(=O)C12CC1CCC(C2)N1CC[C@H](NC(=O)C1CCC(F)(F)CC1)c1ccccc1. The molecule has 0 aromatic heterocycles. The summed E-state index contributed by atoms with van der Waals surface area (Å²) in [4.78, 5) is 33.1. The molecule has 4 aliphatic rings. The zero-order valence-electron chi connectivity index (χ0n) is 24.3. The number of nitrogens with one attached hydrogen (secondary N) is 1. The van der Waals surface area contributed by atoms with E-state index >= 15 is 0 Å². The van der Waals surface area contributed by atoms with E-state index in [1.807, 2.05) is 72.6 Å². The van der Waals surface area contributed by atoms with E-state index in [9.17, 15) is 23.5 Å². The molecule has 1 spiro atoms. The maximum absolute atomic E-state index is 13.9. The molecule has 9 heteroatoms. The highest BCUT2D eigenvalue weighted by Gasteiger charge is 2.61. The van der Waals surface area contributed by atoms with Crippen molar-refractivity contribution in [2.75, 3.05) is 13.6 Å². The summed E-state index contributed by atoms with van der Waals surface area (Å²) in [5.74, 6) is -3.17. The van der Waals surface area contributed by atoms with E-state index < -0.39 is 17.8 Å². The molecule has 42 heavy (non-hydrogen) atoms. The first-order valence-electron chi connectivity index (χ1n) is 15.4. The van der Waals surface area contributed by atoms with E-state index in [1.54, 1.807) is 4.90 Å².